The normalized spacial score (nSPS) is 11.2. The van der Waals surface area contributed by atoms with Crippen molar-refractivity contribution in [3.05, 3.63) is 52.5 Å². The molecule has 0 fully saturated rings. The lowest BCUT2D eigenvalue weighted by Gasteiger charge is -2.10. The van der Waals surface area contributed by atoms with E-state index < -0.39 is 15.9 Å². The number of methoxy groups -OCH3 is 1. The lowest BCUT2D eigenvalue weighted by atomic mass is 10.3. The third kappa shape index (κ3) is 6.96. The molecule has 2 N–H and O–H groups in total. The predicted octanol–water partition coefficient (Wildman–Crippen LogP) is 3.33. The van der Waals surface area contributed by atoms with Gasteiger partial charge < -0.3 is 14.8 Å². The number of hydrogen-bond acceptors (Lipinski definition) is 5. The van der Waals surface area contributed by atoms with Crippen LogP contribution in [0.1, 0.15) is 6.42 Å². The van der Waals surface area contributed by atoms with Crippen LogP contribution in [0.5, 0.6) is 5.75 Å². The summed E-state index contributed by atoms with van der Waals surface area (Å²) in [6, 6.07) is 10.5. The van der Waals surface area contributed by atoms with Crippen molar-refractivity contribution in [3.63, 3.8) is 0 Å². The van der Waals surface area contributed by atoms with Gasteiger partial charge in [0.25, 0.3) is 5.91 Å². The Morgan fingerprint density at radius 3 is 2.46 bits per heavy atom. The van der Waals surface area contributed by atoms with Crippen LogP contribution < -0.4 is 14.8 Å². The van der Waals surface area contributed by atoms with E-state index in [0.717, 1.165) is 0 Å². The molecule has 0 aliphatic rings. The highest BCUT2D eigenvalue weighted by Gasteiger charge is 2.13. The van der Waals surface area contributed by atoms with Gasteiger partial charge in [0, 0.05) is 31.0 Å². The van der Waals surface area contributed by atoms with E-state index in [1.807, 2.05) is 0 Å². The first-order valence-electron chi connectivity index (χ1n) is 8.28. The summed E-state index contributed by atoms with van der Waals surface area (Å²) in [5.74, 6) is -0.0819. The second-order valence-corrected chi connectivity index (χ2v) is 8.29. The van der Waals surface area contributed by atoms with Gasteiger partial charge in [-0.2, -0.15) is 0 Å². The minimum atomic E-state index is -3.61. The summed E-state index contributed by atoms with van der Waals surface area (Å²) >= 11 is 11.8. The summed E-state index contributed by atoms with van der Waals surface area (Å²) < 4.78 is 37.0. The molecule has 152 valence electrons. The highest BCUT2D eigenvalue weighted by atomic mass is 35.5. The van der Waals surface area contributed by atoms with Gasteiger partial charge >= 0.3 is 0 Å². The Hall–Kier alpha value is -1.84. The van der Waals surface area contributed by atoms with Crippen molar-refractivity contribution in [1.29, 1.82) is 0 Å². The Balaban J connectivity index is 1.88. The number of carbonyl (C=O) groups is 1. The topological polar surface area (TPSA) is 93.7 Å². The van der Waals surface area contributed by atoms with Gasteiger partial charge in [-0.15, -0.1) is 0 Å². The van der Waals surface area contributed by atoms with Crippen LogP contribution in [0.3, 0.4) is 0 Å². The lowest BCUT2D eigenvalue weighted by molar-refractivity contribution is -0.118. The van der Waals surface area contributed by atoms with E-state index in [4.69, 9.17) is 32.7 Å². The molecule has 0 spiro atoms. The molecular formula is C18H20Cl2N2O5S. The zero-order chi connectivity index (χ0) is 20.6. The van der Waals surface area contributed by atoms with Crippen molar-refractivity contribution in [1.82, 2.24) is 4.72 Å². The van der Waals surface area contributed by atoms with Gasteiger partial charge in [0.05, 0.1) is 9.92 Å². The first kappa shape index (κ1) is 22.4. The van der Waals surface area contributed by atoms with E-state index in [1.54, 1.807) is 19.2 Å². The summed E-state index contributed by atoms with van der Waals surface area (Å²) in [7, 11) is -2.06. The number of anilines is 1. The van der Waals surface area contributed by atoms with E-state index in [9.17, 15) is 13.2 Å². The van der Waals surface area contributed by atoms with Crippen molar-refractivity contribution in [3.8, 4) is 5.75 Å². The third-order valence-electron chi connectivity index (χ3n) is 3.52. The molecule has 7 nitrogen and oxygen atoms in total. The summed E-state index contributed by atoms with van der Waals surface area (Å²) in [5, 5.41) is 3.38. The monoisotopic (exact) mass is 446 g/mol. The summed E-state index contributed by atoms with van der Waals surface area (Å²) in [6.45, 7) is 0.485. The van der Waals surface area contributed by atoms with Gasteiger partial charge in [0.1, 0.15) is 5.75 Å². The first-order valence-corrected chi connectivity index (χ1v) is 10.5. The molecule has 0 unspecified atom stereocenters. The Labute approximate surface area is 174 Å². The average molecular weight is 447 g/mol. The van der Waals surface area contributed by atoms with Gasteiger partial charge in [0.15, 0.2) is 6.61 Å². The smallest absolute Gasteiger partial charge is 0.262 e. The molecule has 0 radical (unpaired) electrons. The molecule has 0 saturated carbocycles. The maximum Gasteiger partial charge on any atom is 0.262 e. The Morgan fingerprint density at radius 1 is 1.11 bits per heavy atom. The van der Waals surface area contributed by atoms with Crippen LogP contribution in [-0.4, -0.2) is 41.2 Å². The summed E-state index contributed by atoms with van der Waals surface area (Å²) in [4.78, 5) is 12.1. The van der Waals surface area contributed by atoms with E-state index in [0.29, 0.717) is 34.5 Å². The fourth-order valence-corrected chi connectivity index (χ4v) is 3.69. The van der Waals surface area contributed by atoms with Gasteiger partial charge in [-0.3, -0.25) is 4.79 Å². The summed E-state index contributed by atoms with van der Waals surface area (Å²) in [5.41, 5.74) is 0.439. The highest BCUT2D eigenvalue weighted by molar-refractivity contribution is 7.89. The number of hydrogen-bond donors (Lipinski definition) is 2. The molecule has 0 aromatic heterocycles. The van der Waals surface area contributed by atoms with Gasteiger partial charge in [0.2, 0.25) is 10.0 Å². The van der Waals surface area contributed by atoms with E-state index in [2.05, 4.69) is 10.0 Å². The number of rotatable bonds is 10. The van der Waals surface area contributed by atoms with Crippen LogP contribution in [0.25, 0.3) is 0 Å². The molecule has 0 aliphatic carbocycles. The maximum absolute atomic E-state index is 12.2. The number of ether oxygens (including phenoxy) is 2. The quantitative estimate of drug-likeness (QED) is 0.545. The van der Waals surface area contributed by atoms with Crippen molar-refractivity contribution in [2.45, 2.75) is 11.3 Å². The molecule has 28 heavy (non-hydrogen) atoms. The van der Waals surface area contributed by atoms with Crippen LogP contribution in [0.15, 0.2) is 47.4 Å². The number of benzene rings is 2. The first-order chi connectivity index (χ1) is 13.3. The van der Waals surface area contributed by atoms with Crippen molar-refractivity contribution >= 4 is 44.8 Å². The number of amides is 1. The molecule has 0 heterocycles. The molecule has 0 atom stereocenters. The van der Waals surface area contributed by atoms with Crippen LogP contribution in [0, 0.1) is 0 Å². The number of nitrogens with one attached hydrogen (secondary N) is 2. The zero-order valence-corrected chi connectivity index (χ0v) is 17.4. The molecule has 0 bridgehead atoms. The fourth-order valence-electron chi connectivity index (χ4n) is 2.16. The molecular weight excluding hydrogens is 427 g/mol. The van der Waals surface area contributed by atoms with Crippen LogP contribution in [0.2, 0.25) is 10.0 Å². The minimum Gasteiger partial charge on any atom is -0.482 e. The van der Waals surface area contributed by atoms with Crippen LogP contribution in [-0.2, 0) is 19.6 Å². The molecule has 10 heteroatoms. The second kappa shape index (κ2) is 10.6. The van der Waals surface area contributed by atoms with Crippen LogP contribution in [0.4, 0.5) is 5.69 Å². The molecule has 0 saturated heterocycles. The SMILES string of the molecule is COCCCNS(=O)(=O)c1ccc(NC(=O)COc2ccc(Cl)cc2Cl)cc1. The molecule has 1 amide bonds. The van der Waals surface area contributed by atoms with Gasteiger partial charge in [-0.25, -0.2) is 13.1 Å². The van der Waals surface area contributed by atoms with Crippen LogP contribution >= 0.6 is 23.2 Å². The average Bonchev–Trinajstić information content (AvgIpc) is 2.65. The van der Waals surface area contributed by atoms with Crippen molar-refractivity contribution < 1.29 is 22.7 Å². The molecule has 0 aliphatic heterocycles. The maximum atomic E-state index is 12.2. The van der Waals surface area contributed by atoms with Gasteiger partial charge in [-0.1, -0.05) is 23.2 Å². The van der Waals surface area contributed by atoms with Crippen molar-refractivity contribution in [2.24, 2.45) is 0 Å². The predicted molar refractivity (Wildman–Crippen MR) is 109 cm³/mol. The zero-order valence-electron chi connectivity index (χ0n) is 15.1. The number of carbonyl (C=O) groups excluding carboxylic acids is 1. The molecule has 2 rings (SSSR count). The van der Waals surface area contributed by atoms with E-state index >= 15 is 0 Å². The number of sulfonamides is 1. The third-order valence-corrected chi connectivity index (χ3v) is 5.53. The lowest BCUT2D eigenvalue weighted by Crippen LogP contribution is -2.25. The Bertz CT molecular complexity index is 905. The standard InChI is InChI=1S/C18H20Cl2N2O5S/c1-26-10-2-9-21-28(24,25)15-6-4-14(5-7-15)22-18(23)12-27-17-8-3-13(19)11-16(17)20/h3-8,11,21H,2,9-10,12H2,1H3,(H,22,23). The fraction of sp³-hybridized carbons (Fsp3) is 0.278. The largest absolute Gasteiger partial charge is 0.482 e. The Kier molecular flexibility index (Phi) is 8.53. The van der Waals surface area contributed by atoms with Crippen molar-refractivity contribution in [2.75, 3.05) is 32.2 Å². The second-order valence-electron chi connectivity index (χ2n) is 5.68. The Morgan fingerprint density at radius 2 is 1.82 bits per heavy atom. The molecule has 2 aromatic carbocycles. The highest BCUT2D eigenvalue weighted by Crippen LogP contribution is 2.27. The number of halogens is 2. The van der Waals surface area contributed by atoms with Gasteiger partial charge in [-0.05, 0) is 48.9 Å². The minimum absolute atomic E-state index is 0.104. The van der Waals surface area contributed by atoms with E-state index in [-0.39, 0.29) is 18.0 Å². The van der Waals surface area contributed by atoms with E-state index in [1.165, 1.54) is 30.3 Å². The molecule has 2 aromatic rings. The summed E-state index contributed by atoms with van der Waals surface area (Å²) in [6.07, 6.45) is 0.571.